The quantitative estimate of drug-likeness (QED) is 0.785. The molecule has 1 saturated carbocycles. The van der Waals surface area contributed by atoms with E-state index < -0.39 is 0 Å². The van der Waals surface area contributed by atoms with Crippen molar-refractivity contribution in [2.24, 2.45) is 5.92 Å². The highest BCUT2D eigenvalue weighted by molar-refractivity contribution is 6.44. The highest BCUT2D eigenvalue weighted by Crippen LogP contribution is 2.32. The van der Waals surface area contributed by atoms with Crippen LogP contribution < -0.4 is 5.32 Å². The monoisotopic (exact) mass is 334 g/mol. The first kappa shape index (κ1) is 15.9. The van der Waals surface area contributed by atoms with Gasteiger partial charge in [-0.05, 0) is 37.4 Å². The zero-order valence-electron chi connectivity index (χ0n) is 11.3. The van der Waals surface area contributed by atoms with Crippen LogP contribution in [-0.2, 0) is 4.79 Å². The molecule has 0 atom stereocenters. The lowest BCUT2D eigenvalue weighted by atomic mass is 10.3. The molecule has 0 unspecified atom stereocenters. The van der Waals surface area contributed by atoms with Crippen LogP contribution in [0.25, 0.3) is 0 Å². The molecule has 1 N–H and O–H groups in total. The third-order valence-electron chi connectivity index (χ3n) is 3.31. The number of nitrogens with one attached hydrogen (secondary N) is 1. The van der Waals surface area contributed by atoms with Gasteiger partial charge in [0.25, 0.3) is 0 Å². The SMILES string of the molecule is CCN(CC(=O)Nc1cc(Cl)c(Cl)cc1Cl)CC1CC1. The third-order valence-corrected chi connectivity index (χ3v) is 4.35. The van der Waals surface area contributed by atoms with Crippen LogP contribution in [0.5, 0.6) is 0 Å². The van der Waals surface area contributed by atoms with Gasteiger partial charge in [-0.25, -0.2) is 0 Å². The standard InChI is InChI=1S/C14H17Cl3N2O/c1-2-19(7-9-3-4-9)8-14(20)18-13-6-11(16)10(15)5-12(13)17/h5-6,9H,2-4,7-8H2,1H3,(H,18,20). The first-order valence-corrected chi connectivity index (χ1v) is 7.79. The van der Waals surface area contributed by atoms with Crippen molar-refractivity contribution in [2.75, 3.05) is 25.0 Å². The van der Waals surface area contributed by atoms with E-state index >= 15 is 0 Å². The van der Waals surface area contributed by atoms with Gasteiger partial charge in [0.15, 0.2) is 0 Å². The summed E-state index contributed by atoms with van der Waals surface area (Å²) in [5, 5.41) is 3.91. The maximum absolute atomic E-state index is 12.0. The average Bonchev–Trinajstić information content (AvgIpc) is 3.19. The van der Waals surface area contributed by atoms with Crippen LogP contribution in [-0.4, -0.2) is 30.4 Å². The second kappa shape index (κ2) is 6.99. The Balaban J connectivity index is 1.94. The van der Waals surface area contributed by atoms with Crippen molar-refractivity contribution in [3.63, 3.8) is 0 Å². The van der Waals surface area contributed by atoms with Gasteiger partial charge >= 0.3 is 0 Å². The highest BCUT2D eigenvalue weighted by Gasteiger charge is 2.24. The Labute approximate surface area is 134 Å². The fourth-order valence-corrected chi connectivity index (χ4v) is 2.58. The molecule has 0 aliphatic heterocycles. The van der Waals surface area contributed by atoms with E-state index in [0.29, 0.717) is 27.3 Å². The molecule has 0 radical (unpaired) electrons. The van der Waals surface area contributed by atoms with Gasteiger partial charge in [0.2, 0.25) is 5.91 Å². The van der Waals surface area contributed by atoms with Gasteiger partial charge in [-0.3, -0.25) is 9.69 Å². The molecule has 0 bridgehead atoms. The lowest BCUT2D eigenvalue weighted by Crippen LogP contribution is -2.34. The first-order valence-electron chi connectivity index (χ1n) is 6.66. The molecule has 1 aromatic carbocycles. The van der Waals surface area contributed by atoms with Crippen molar-refractivity contribution in [3.05, 3.63) is 27.2 Å². The minimum Gasteiger partial charge on any atom is -0.324 e. The summed E-state index contributed by atoms with van der Waals surface area (Å²) in [7, 11) is 0. The Bertz CT molecular complexity index is 503. The number of halogens is 3. The van der Waals surface area contributed by atoms with Gasteiger partial charge in [0, 0.05) is 6.54 Å². The van der Waals surface area contributed by atoms with Gasteiger partial charge < -0.3 is 5.32 Å². The Hall–Kier alpha value is -0.480. The van der Waals surface area contributed by atoms with Crippen molar-refractivity contribution >= 4 is 46.4 Å². The van der Waals surface area contributed by atoms with E-state index in [0.717, 1.165) is 19.0 Å². The van der Waals surface area contributed by atoms with E-state index in [1.165, 1.54) is 18.9 Å². The van der Waals surface area contributed by atoms with Crippen LogP contribution in [0.2, 0.25) is 15.1 Å². The summed E-state index contributed by atoms with van der Waals surface area (Å²) in [6.45, 7) is 4.27. The normalized spacial score (nSPS) is 14.7. The Morgan fingerprint density at radius 1 is 1.25 bits per heavy atom. The smallest absolute Gasteiger partial charge is 0.238 e. The molecule has 0 aromatic heterocycles. The maximum Gasteiger partial charge on any atom is 0.238 e. The molecule has 1 fully saturated rings. The number of amides is 1. The Kier molecular flexibility index (Phi) is 5.56. The summed E-state index contributed by atoms with van der Waals surface area (Å²) >= 11 is 17.8. The minimum absolute atomic E-state index is 0.0900. The number of benzene rings is 1. The molecule has 1 amide bonds. The molecule has 1 aliphatic rings. The molecular weight excluding hydrogens is 319 g/mol. The maximum atomic E-state index is 12.0. The van der Waals surface area contributed by atoms with Crippen LogP contribution in [0.1, 0.15) is 19.8 Å². The van der Waals surface area contributed by atoms with Gasteiger partial charge in [-0.1, -0.05) is 41.7 Å². The zero-order chi connectivity index (χ0) is 14.7. The van der Waals surface area contributed by atoms with Crippen molar-refractivity contribution in [3.8, 4) is 0 Å². The van der Waals surface area contributed by atoms with E-state index in [2.05, 4.69) is 17.1 Å². The molecule has 20 heavy (non-hydrogen) atoms. The summed E-state index contributed by atoms with van der Waals surface area (Å²) in [5.74, 6) is 0.670. The minimum atomic E-state index is -0.0900. The van der Waals surface area contributed by atoms with E-state index in [1.54, 1.807) is 6.07 Å². The molecule has 6 heteroatoms. The van der Waals surface area contributed by atoms with Crippen molar-refractivity contribution in [2.45, 2.75) is 19.8 Å². The predicted molar refractivity (Wildman–Crippen MR) is 84.9 cm³/mol. The van der Waals surface area contributed by atoms with E-state index in [-0.39, 0.29) is 5.91 Å². The molecule has 0 heterocycles. The molecule has 0 spiro atoms. The summed E-state index contributed by atoms with van der Waals surface area (Å²) in [5.41, 5.74) is 0.494. The first-order chi connectivity index (χ1) is 9.49. The number of likely N-dealkylation sites (N-methyl/N-ethyl adjacent to an activating group) is 1. The van der Waals surface area contributed by atoms with Crippen molar-refractivity contribution in [1.29, 1.82) is 0 Å². The number of carbonyl (C=O) groups is 1. The predicted octanol–water partition coefficient (Wildman–Crippen LogP) is 4.32. The molecule has 3 nitrogen and oxygen atoms in total. The van der Waals surface area contributed by atoms with Crippen molar-refractivity contribution in [1.82, 2.24) is 4.90 Å². The third kappa shape index (κ3) is 4.52. The largest absolute Gasteiger partial charge is 0.324 e. The summed E-state index contributed by atoms with van der Waals surface area (Å²) in [6.07, 6.45) is 2.55. The number of hydrogen-bond donors (Lipinski definition) is 1. The fourth-order valence-electron chi connectivity index (χ4n) is 1.98. The lowest BCUT2D eigenvalue weighted by molar-refractivity contribution is -0.117. The number of anilines is 1. The summed E-state index contributed by atoms with van der Waals surface area (Å²) in [6, 6.07) is 3.10. The number of rotatable bonds is 6. The summed E-state index contributed by atoms with van der Waals surface area (Å²) < 4.78 is 0. The van der Waals surface area contributed by atoms with Gasteiger partial charge in [0.1, 0.15) is 0 Å². The van der Waals surface area contributed by atoms with Crippen LogP contribution in [0.15, 0.2) is 12.1 Å². The number of nitrogens with zero attached hydrogens (tertiary/aromatic N) is 1. The lowest BCUT2D eigenvalue weighted by Gasteiger charge is -2.19. The van der Waals surface area contributed by atoms with Crippen molar-refractivity contribution < 1.29 is 4.79 Å². The van der Waals surface area contributed by atoms with Crippen LogP contribution >= 0.6 is 34.8 Å². The Morgan fingerprint density at radius 3 is 2.50 bits per heavy atom. The molecule has 1 aliphatic carbocycles. The van der Waals surface area contributed by atoms with E-state index in [4.69, 9.17) is 34.8 Å². The topological polar surface area (TPSA) is 32.3 Å². The molecule has 1 aromatic rings. The number of carbonyl (C=O) groups excluding carboxylic acids is 1. The molecule has 110 valence electrons. The highest BCUT2D eigenvalue weighted by atomic mass is 35.5. The van der Waals surface area contributed by atoms with Crippen LogP contribution in [0.4, 0.5) is 5.69 Å². The van der Waals surface area contributed by atoms with E-state index in [1.807, 2.05) is 0 Å². The average molecular weight is 336 g/mol. The van der Waals surface area contributed by atoms with Gasteiger partial charge in [-0.15, -0.1) is 0 Å². The molecule has 0 saturated heterocycles. The zero-order valence-corrected chi connectivity index (χ0v) is 13.5. The van der Waals surface area contributed by atoms with Gasteiger partial charge in [-0.2, -0.15) is 0 Å². The van der Waals surface area contributed by atoms with Crippen LogP contribution in [0, 0.1) is 5.92 Å². The molecular formula is C14H17Cl3N2O. The van der Waals surface area contributed by atoms with Crippen LogP contribution in [0.3, 0.4) is 0 Å². The van der Waals surface area contributed by atoms with E-state index in [9.17, 15) is 4.79 Å². The second-order valence-corrected chi connectivity index (χ2v) is 6.29. The fraction of sp³-hybridized carbons (Fsp3) is 0.500. The van der Waals surface area contributed by atoms with Gasteiger partial charge in [0.05, 0.1) is 27.3 Å². The Morgan fingerprint density at radius 2 is 1.90 bits per heavy atom. The second-order valence-electron chi connectivity index (χ2n) is 5.07. The number of hydrogen-bond acceptors (Lipinski definition) is 2. The molecule has 2 rings (SSSR count). The summed E-state index contributed by atoms with van der Waals surface area (Å²) in [4.78, 5) is 14.2.